The smallest absolute Gasteiger partial charge is 0.254 e. The Kier molecular flexibility index (Phi) is 6.15. The molecule has 0 aliphatic heterocycles. The molecule has 8 nitrogen and oxygen atoms in total. The number of carbonyl (C=O) groups is 1. The van der Waals surface area contributed by atoms with Crippen LogP contribution in [0.25, 0.3) is 27.9 Å². The molecule has 5 rings (SSSR count). The Labute approximate surface area is 201 Å². The van der Waals surface area contributed by atoms with Gasteiger partial charge in [-0.15, -0.1) is 0 Å². The highest BCUT2D eigenvalue weighted by Gasteiger charge is 2.15. The standard InChI is InChI=1S/C26H24FN7O/c1-33(2)11-10-29-25(35)21-7-6-19(14-22(21)27)24-16-31-26-30-15-20(34(26)32-24)13-17-5-8-23-18(12-17)4-3-9-28-23/h3-9,12,14-16H,10-11,13H2,1-2H3,(H,29,35). The van der Waals surface area contributed by atoms with Crippen molar-refractivity contribution in [2.45, 2.75) is 6.42 Å². The van der Waals surface area contributed by atoms with Crippen molar-refractivity contribution in [3.8, 4) is 11.3 Å². The van der Waals surface area contributed by atoms with Crippen molar-refractivity contribution in [1.82, 2.24) is 34.8 Å². The summed E-state index contributed by atoms with van der Waals surface area (Å²) in [4.78, 5) is 27.4. The molecule has 9 heteroatoms. The van der Waals surface area contributed by atoms with Crippen molar-refractivity contribution in [1.29, 1.82) is 0 Å². The maximum Gasteiger partial charge on any atom is 0.254 e. The summed E-state index contributed by atoms with van der Waals surface area (Å²) in [5, 5.41) is 8.44. The minimum atomic E-state index is -0.609. The number of pyridine rings is 1. The van der Waals surface area contributed by atoms with E-state index in [4.69, 9.17) is 0 Å². The van der Waals surface area contributed by atoms with Gasteiger partial charge in [-0.3, -0.25) is 9.78 Å². The summed E-state index contributed by atoms with van der Waals surface area (Å²) in [6, 6.07) is 14.5. The van der Waals surface area contributed by atoms with Crippen LogP contribution in [0.4, 0.5) is 4.39 Å². The molecule has 0 spiro atoms. The maximum absolute atomic E-state index is 14.8. The molecule has 0 fully saturated rings. The highest BCUT2D eigenvalue weighted by molar-refractivity contribution is 5.95. The second-order valence-corrected chi connectivity index (χ2v) is 8.57. The lowest BCUT2D eigenvalue weighted by molar-refractivity contribution is 0.0947. The zero-order chi connectivity index (χ0) is 24.4. The van der Waals surface area contributed by atoms with Crippen LogP contribution in [0.3, 0.4) is 0 Å². The van der Waals surface area contributed by atoms with Crippen molar-refractivity contribution in [2.24, 2.45) is 0 Å². The summed E-state index contributed by atoms with van der Waals surface area (Å²) in [6.45, 7) is 1.11. The normalized spacial score (nSPS) is 11.4. The van der Waals surface area contributed by atoms with Gasteiger partial charge in [-0.2, -0.15) is 5.10 Å². The monoisotopic (exact) mass is 469 g/mol. The van der Waals surface area contributed by atoms with Gasteiger partial charge in [0.1, 0.15) is 11.5 Å². The SMILES string of the molecule is CN(C)CCNC(=O)c1ccc(-c2cnc3ncc(Cc4ccc5ncccc5c4)n3n2)cc1F. The third kappa shape index (κ3) is 4.85. The fourth-order valence-electron chi connectivity index (χ4n) is 3.86. The van der Waals surface area contributed by atoms with E-state index in [0.717, 1.165) is 22.2 Å². The molecule has 3 heterocycles. The molecular formula is C26H24FN7O. The molecule has 1 N–H and O–H groups in total. The maximum atomic E-state index is 14.8. The van der Waals surface area contributed by atoms with Crippen molar-refractivity contribution in [3.05, 3.63) is 89.8 Å². The van der Waals surface area contributed by atoms with Crippen LogP contribution < -0.4 is 5.32 Å². The molecule has 176 valence electrons. The summed E-state index contributed by atoms with van der Waals surface area (Å²) in [6.07, 6.45) is 5.68. The van der Waals surface area contributed by atoms with Crippen molar-refractivity contribution >= 4 is 22.6 Å². The number of carbonyl (C=O) groups excluding carboxylic acids is 1. The molecule has 0 unspecified atom stereocenters. The van der Waals surface area contributed by atoms with Gasteiger partial charge in [-0.05, 0) is 50.0 Å². The predicted molar refractivity (Wildman–Crippen MR) is 132 cm³/mol. The number of nitrogens with zero attached hydrogens (tertiary/aromatic N) is 6. The number of amides is 1. The van der Waals surface area contributed by atoms with Crippen LogP contribution in [0.15, 0.2) is 67.1 Å². The molecule has 5 aromatic rings. The van der Waals surface area contributed by atoms with Gasteiger partial charge in [0.25, 0.3) is 11.7 Å². The Morgan fingerprint density at radius 3 is 2.74 bits per heavy atom. The van der Waals surface area contributed by atoms with E-state index in [1.807, 2.05) is 43.3 Å². The van der Waals surface area contributed by atoms with Crippen LogP contribution in [-0.2, 0) is 6.42 Å². The number of benzene rings is 2. The van der Waals surface area contributed by atoms with E-state index in [9.17, 15) is 9.18 Å². The molecule has 0 aliphatic rings. The second kappa shape index (κ2) is 9.55. The molecule has 0 radical (unpaired) electrons. The van der Waals surface area contributed by atoms with E-state index < -0.39 is 11.7 Å². The van der Waals surface area contributed by atoms with Gasteiger partial charge in [-0.1, -0.05) is 18.2 Å². The number of fused-ring (bicyclic) bond motifs is 2. The lowest BCUT2D eigenvalue weighted by Crippen LogP contribution is -2.31. The minimum Gasteiger partial charge on any atom is -0.351 e. The van der Waals surface area contributed by atoms with E-state index in [1.165, 1.54) is 12.1 Å². The number of hydrogen-bond acceptors (Lipinski definition) is 6. The Hall–Kier alpha value is -4.24. The molecule has 0 bridgehead atoms. The molecule has 1 amide bonds. The molecule has 3 aromatic heterocycles. The van der Waals surface area contributed by atoms with Crippen molar-refractivity contribution < 1.29 is 9.18 Å². The zero-order valence-corrected chi connectivity index (χ0v) is 19.4. The third-order valence-corrected chi connectivity index (χ3v) is 5.71. The third-order valence-electron chi connectivity index (χ3n) is 5.71. The van der Waals surface area contributed by atoms with Crippen molar-refractivity contribution in [3.63, 3.8) is 0 Å². The van der Waals surface area contributed by atoms with Gasteiger partial charge in [0.15, 0.2) is 0 Å². The first-order valence-corrected chi connectivity index (χ1v) is 11.2. The number of likely N-dealkylation sites (N-methyl/N-ethyl adjacent to an activating group) is 1. The number of nitrogens with one attached hydrogen (secondary N) is 1. The zero-order valence-electron chi connectivity index (χ0n) is 19.4. The van der Waals surface area contributed by atoms with Gasteiger partial charge in [0, 0.05) is 36.7 Å². The highest BCUT2D eigenvalue weighted by Crippen LogP contribution is 2.21. The Bertz CT molecular complexity index is 1530. The number of imidazole rings is 1. The molecular weight excluding hydrogens is 445 g/mol. The van der Waals surface area contributed by atoms with E-state index in [0.29, 0.717) is 36.5 Å². The first kappa shape index (κ1) is 22.5. The fraction of sp³-hybridized carbons (Fsp3) is 0.192. The van der Waals surface area contributed by atoms with Crippen LogP contribution in [0, 0.1) is 5.82 Å². The summed E-state index contributed by atoms with van der Waals surface area (Å²) < 4.78 is 16.4. The van der Waals surface area contributed by atoms with Gasteiger partial charge in [0.2, 0.25) is 0 Å². The van der Waals surface area contributed by atoms with Crippen LogP contribution in [0.1, 0.15) is 21.6 Å². The number of hydrogen-bond donors (Lipinski definition) is 1. The molecule has 0 saturated heterocycles. The molecule has 0 atom stereocenters. The van der Waals surface area contributed by atoms with E-state index in [2.05, 4.69) is 31.4 Å². The summed E-state index contributed by atoms with van der Waals surface area (Å²) in [5.41, 5.74) is 3.89. The van der Waals surface area contributed by atoms with Crippen molar-refractivity contribution in [2.75, 3.05) is 27.2 Å². The van der Waals surface area contributed by atoms with Crippen LogP contribution in [0.2, 0.25) is 0 Å². The topological polar surface area (TPSA) is 88.3 Å². The first-order chi connectivity index (χ1) is 17.0. The first-order valence-electron chi connectivity index (χ1n) is 11.2. The number of halogens is 1. The van der Waals surface area contributed by atoms with Gasteiger partial charge < -0.3 is 10.2 Å². The predicted octanol–water partition coefficient (Wildman–Crippen LogP) is 3.36. The van der Waals surface area contributed by atoms with Gasteiger partial charge >= 0.3 is 0 Å². The molecule has 0 aliphatic carbocycles. The summed E-state index contributed by atoms with van der Waals surface area (Å²) in [5.74, 6) is -0.592. The Morgan fingerprint density at radius 1 is 1.06 bits per heavy atom. The molecule has 2 aromatic carbocycles. The summed E-state index contributed by atoms with van der Waals surface area (Å²) >= 11 is 0. The summed E-state index contributed by atoms with van der Waals surface area (Å²) in [7, 11) is 3.81. The van der Waals surface area contributed by atoms with E-state index in [1.54, 1.807) is 29.2 Å². The van der Waals surface area contributed by atoms with Crippen LogP contribution in [0.5, 0.6) is 0 Å². The van der Waals surface area contributed by atoms with Crippen LogP contribution >= 0.6 is 0 Å². The van der Waals surface area contributed by atoms with E-state index in [-0.39, 0.29) is 5.56 Å². The Morgan fingerprint density at radius 2 is 1.91 bits per heavy atom. The Balaban J connectivity index is 1.40. The number of rotatable bonds is 7. The van der Waals surface area contributed by atoms with E-state index >= 15 is 0 Å². The minimum absolute atomic E-state index is 0.00402. The van der Waals surface area contributed by atoms with Gasteiger partial charge in [0.05, 0.1) is 29.2 Å². The number of aromatic nitrogens is 5. The van der Waals surface area contributed by atoms with Crippen LogP contribution in [-0.4, -0.2) is 62.6 Å². The lowest BCUT2D eigenvalue weighted by Gasteiger charge is -2.11. The second-order valence-electron chi connectivity index (χ2n) is 8.57. The molecule has 35 heavy (non-hydrogen) atoms. The fourth-order valence-corrected chi connectivity index (χ4v) is 3.86. The average Bonchev–Trinajstić information content (AvgIpc) is 3.25. The largest absolute Gasteiger partial charge is 0.351 e. The molecule has 0 saturated carbocycles. The quantitative estimate of drug-likeness (QED) is 0.393. The average molecular weight is 470 g/mol. The highest BCUT2D eigenvalue weighted by atomic mass is 19.1. The lowest BCUT2D eigenvalue weighted by atomic mass is 10.1. The van der Waals surface area contributed by atoms with Gasteiger partial charge in [-0.25, -0.2) is 18.9 Å².